The number of carbonyl (C=O) groups excluding carboxylic acids is 2. The lowest BCUT2D eigenvalue weighted by Crippen LogP contribution is -2.28. The zero-order chi connectivity index (χ0) is 20.8. The molecule has 0 aliphatic carbocycles. The molecular weight excluding hydrogens is 398 g/mol. The van der Waals surface area contributed by atoms with E-state index in [9.17, 15) is 9.59 Å². The molecule has 1 amide bonds. The van der Waals surface area contributed by atoms with Gasteiger partial charge in [0.1, 0.15) is 5.82 Å². The van der Waals surface area contributed by atoms with Gasteiger partial charge in [0.15, 0.2) is 5.78 Å². The van der Waals surface area contributed by atoms with Crippen LogP contribution >= 0.6 is 11.6 Å². The van der Waals surface area contributed by atoms with E-state index in [0.29, 0.717) is 16.4 Å². The maximum Gasteiger partial charge on any atom is 0.226 e. The van der Waals surface area contributed by atoms with Crippen molar-refractivity contribution >= 4 is 39.9 Å². The highest BCUT2D eigenvalue weighted by atomic mass is 35.5. The number of nitrogens with one attached hydrogen (secondary N) is 1. The summed E-state index contributed by atoms with van der Waals surface area (Å²) in [5.41, 5.74) is 2.85. The molecular formula is C24H18ClN3O2. The molecule has 0 saturated carbocycles. The molecule has 1 atom stereocenters. The highest BCUT2D eigenvalue weighted by Gasteiger charge is 2.36. The fourth-order valence-corrected chi connectivity index (χ4v) is 4.21. The maximum atomic E-state index is 13.5. The second kappa shape index (κ2) is 7.11. The molecule has 148 valence electrons. The summed E-state index contributed by atoms with van der Waals surface area (Å²) in [6.45, 7) is 1.86. The van der Waals surface area contributed by atoms with Gasteiger partial charge in [-0.05, 0) is 48.0 Å². The molecule has 5 rings (SSSR count). The lowest BCUT2D eigenvalue weighted by Gasteiger charge is -2.23. The van der Waals surface area contributed by atoms with Crippen molar-refractivity contribution in [1.29, 1.82) is 0 Å². The summed E-state index contributed by atoms with van der Waals surface area (Å²) in [6, 6.07) is 20.8. The van der Waals surface area contributed by atoms with Crippen molar-refractivity contribution in [2.24, 2.45) is 0 Å². The number of hydrogen-bond acceptors (Lipinski definition) is 3. The molecule has 1 aromatic heterocycles. The van der Waals surface area contributed by atoms with Crippen LogP contribution in [0, 0.1) is 6.92 Å². The van der Waals surface area contributed by atoms with Crippen LogP contribution in [0.5, 0.6) is 0 Å². The van der Waals surface area contributed by atoms with Gasteiger partial charge in [0, 0.05) is 22.6 Å². The predicted molar refractivity (Wildman–Crippen MR) is 118 cm³/mol. The quantitative estimate of drug-likeness (QED) is 0.462. The largest absolute Gasteiger partial charge is 0.310 e. The lowest BCUT2D eigenvalue weighted by molar-refractivity contribution is -0.116. The first-order valence-electron chi connectivity index (χ1n) is 9.69. The number of amides is 1. The lowest BCUT2D eigenvalue weighted by atomic mass is 9.85. The third-order valence-electron chi connectivity index (χ3n) is 5.52. The summed E-state index contributed by atoms with van der Waals surface area (Å²) in [5.74, 6) is -0.298. The van der Waals surface area contributed by atoms with E-state index in [0.717, 1.165) is 27.7 Å². The molecule has 0 spiro atoms. The summed E-state index contributed by atoms with van der Waals surface area (Å²) in [4.78, 5) is 26.0. The van der Waals surface area contributed by atoms with E-state index < -0.39 is 5.92 Å². The van der Waals surface area contributed by atoms with Crippen LogP contribution in [0.4, 0.5) is 5.82 Å². The van der Waals surface area contributed by atoms with Gasteiger partial charge in [0.2, 0.25) is 5.91 Å². The molecule has 0 bridgehead atoms. The Kier molecular flexibility index (Phi) is 4.40. The Balaban J connectivity index is 1.60. The van der Waals surface area contributed by atoms with E-state index in [4.69, 9.17) is 11.6 Å². The van der Waals surface area contributed by atoms with Crippen LogP contribution in [0.3, 0.4) is 0 Å². The Morgan fingerprint density at radius 1 is 1.07 bits per heavy atom. The van der Waals surface area contributed by atoms with Crippen LogP contribution in [0.1, 0.15) is 34.0 Å². The molecule has 4 aromatic rings. The normalized spacial score (nSPS) is 15.7. The van der Waals surface area contributed by atoms with E-state index >= 15 is 0 Å². The van der Waals surface area contributed by atoms with Gasteiger partial charge in [0.05, 0.1) is 17.3 Å². The van der Waals surface area contributed by atoms with Crippen LogP contribution in [0.2, 0.25) is 5.02 Å². The molecule has 0 fully saturated rings. The Labute approximate surface area is 178 Å². The first-order chi connectivity index (χ1) is 14.5. The minimum absolute atomic E-state index is 0.0735. The zero-order valence-electron chi connectivity index (χ0n) is 16.2. The Morgan fingerprint density at radius 3 is 2.57 bits per heavy atom. The molecule has 1 aliphatic rings. The van der Waals surface area contributed by atoms with Crippen LogP contribution in [-0.4, -0.2) is 21.5 Å². The number of rotatable bonds is 3. The van der Waals surface area contributed by atoms with Crippen LogP contribution in [0.15, 0.2) is 66.7 Å². The number of hydrogen-bond donors (Lipinski definition) is 1. The number of nitrogens with zero attached hydrogens (tertiary/aromatic N) is 2. The van der Waals surface area contributed by atoms with Gasteiger partial charge in [0.25, 0.3) is 0 Å². The Morgan fingerprint density at radius 2 is 1.80 bits per heavy atom. The molecule has 30 heavy (non-hydrogen) atoms. The number of aryl methyl sites for hydroxylation is 1. The number of benzene rings is 3. The number of carbonyl (C=O) groups is 2. The SMILES string of the molecule is Cc1nn(-c2ccc(Cl)cc2)c2c1[C@H](C(=O)c1ccc3ccccc3c1)CC(=O)N2. The molecule has 0 saturated heterocycles. The fraction of sp³-hybridized carbons (Fsp3) is 0.125. The van der Waals surface area contributed by atoms with Crippen molar-refractivity contribution in [2.75, 3.05) is 5.32 Å². The number of aromatic nitrogens is 2. The molecule has 0 unspecified atom stereocenters. The highest BCUT2D eigenvalue weighted by Crippen LogP contribution is 2.38. The summed E-state index contributed by atoms with van der Waals surface area (Å²) in [7, 11) is 0. The van der Waals surface area contributed by atoms with Crippen molar-refractivity contribution in [3.8, 4) is 5.69 Å². The highest BCUT2D eigenvalue weighted by molar-refractivity contribution is 6.30. The smallest absolute Gasteiger partial charge is 0.226 e. The Bertz CT molecular complexity index is 1310. The van der Waals surface area contributed by atoms with Gasteiger partial charge in [-0.3, -0.25) is 9.59 Å². The van der Waals surface area contributed by atoms with E-state index in [2.05, 4.69) is 10.4 Å². The number of fused-ring (bicyclic) bond motifs is 2. The van der Waals surface area contributed by atoms with E-state index in [1.54, 1.807) is 16.8 Å². The van der Waals surface area contributed by atoms with E-state index in [1.807, 2.05) is 61.5 Å². The number of anilines is 1. The van der Waals surface area contributed by atoms with Crippen molar-refractivity contribution in [3.63, 3.8) is 0 Å². The molecule has 2 heterocycles. The van der Waals surface area contributed by atoms with Crippen LogP contribution in [-0.2, 0) is 4.79 Å². The molecule has 3 aromatic carbocycles. The summed E-state index contributed by atoms with van der Waals surface area (Å²) in [5, 5.41) is 10.2. The van der Waals surface area contributed by atoms with Gasteiger partial charge >= 0.3 is 0 Å². The van der Waals surface area contributed by atoms with Crippen LogP contribution < -0.4 is 5.32 Å². The third kappa shape index (κ3) is 3.08. The van der Waals surface area contributed by atoms with Gasteiger partial charge < -0.3 is 5.32 Å². The van der Waals surface area contributed by atoms with Gasteiger partial charge in [-0.25, -0.2) is 4.68 Å². The molecule has 1 aliphatic heterocycles. The summed E-state index contributed by atoms with van der Waals surface area (Å²) >= 11 is 6.00. The zero-order valence-corrected chi connectivity index (χ0v) is 17.0. The maximum absolute atomic E-state index is 13.5. The van der Waals surface area contributed by atoms with E-state index in [1.165, 1.54) is 0 Å². The second-order valence-electron chi connectivity index (χ2n) is 7.47. The van der Waals surface area contributed by atoms with Crippen molar-refractivity contribution < 1.29 is 9.59 Å². The fourth-order valence-electron chi connectivity index (χ4n) is 4.08. The number of Topliss-reactive ketones (excluding diaryl/α,β-unsaturated/α-hetero) is 1. The monoisotopic (exact) mass is 415 g/mol. The van der Waals surface area contributed by atoms with Gasteiger partial charge in [-0.2, -0.15) is 5.10 Å². The Hall–Kier alpha value is -3.44. The van der Waals surface area contributed by atoms with Crippen molar-refractivity contribution in [3.05, 3.63) is 88.6 Å². The molecule has 5 nitrogen and oxygen atoms in total. The molecule has 1 N–H and O–H groups in total. The molecule has 6 heteroatoms. The average Bonchev–Trinajstić information content (AvgIpc) is 3.09. The number of ketones is 1. The number of halogens is 1. The van der Waals surface area contributed by atoms with Gasteiger partial charge in [-0.15, -0.1) is 0 Å². The summed E-state index contributed by atoms with van der Waals surface area (Å²) < 4.78 is 1.67. The predicted octanol–water partition coefficient (Wildman–Crippen LogP) is 5.30. The minimum atomic E-state index is -0.573. The second-order valence-corrected chi connectivity index (χ2v) is 7.90. The van der Waals surface area contributed by atoms with Crippen molar-refractivity contribution in [1.82, 2.24) is 9.78 Å². The first-order valence-corrected chi connectivity index (χ1v) is 10.1. The summed E-state index contributed by atoms with van der Waals surface area (Å²) in [6.07, 6.45) is 0.103. The van der Waals surface area contributed by atoms with Crippen molar-refractivity contribution in [2.45, 2.75) is 19.3 Å². The van der Waals surface area contributed by atoms with E-state index in [-0.39, 0.29) is 18.1 Å². The first kappa shape index (κ1) is 18.6. The average molecular weight is 416 g/mol. The third-order valence-corrected chi connectivity index (χ3v) is 5.78. The van der Waals surface area contributed by atoms with Crippen LogP contribution in [0.25, 0.3) is 16.5 Å². The minimum Gasteiger partial charge on any atom is -0.310 e. The standard InChI is InChI=1S/C24H18ClN3O2/c1-14-22-20(23(30)17-7-6-15-4-2-3-5-16(15)12-17)13-21(29)26-24(22)28(27-14)19-10-8-18(25)9-11-19/h2-12,20H,13H2,1H3,(H,26,29)/t20-/m1/s1. The molecule has 0 radical (unpaired) electrons. The van der Waals surface area contributed by atoms with Gasteiger partial charge in [-0.1, -0.05) is 48.0 Å². The topological polar surface area (TPSA) is 64.0 Å².